The summed E-state index contributed by atoms with van der Waals surface area (Å²) in [7, 11) is 1.66. The maximum absolute atomic E-state index is 9.31. The average Bonchev–Trinajstić information content (AvgIpc) is 2.47. The monoisotopic (exact) mass is 295 g/mol. The number of aliphatic hydroxyl groups is 1. The molecule has 120 valence electrons. The molecule has 0 amide bonds. The third kappa shape index (κ3) is 6.82. The fourth-order valence-electron chi connectivity index (χ4n) is 2.14. The third-order valence-corrected chi connectivity index (χ3v) is 3.28. The average molecular weight is 295 g/mol. The van der Waals surface area contributed by atoms with Crippen LogP contribution in [-0.2, 0) is 6.54 Å². The first kappa shape index (κ1) is 17.8. The summed E-state index contributed by atoms with van der Waals surface area (Å²) < 4.78 is 11.3. The van der Waals surface area contributed by atoms with E-state index in [1.807, 2.05) is 18.2 Å². The Hall–Kier alpha value is -1.26. The Balaban J connectivity index is 2.59. The van der Waals surface area contributed by atoms with Gasteiger partial charge in [-0.05, 0) is 19.4 Å². The predicted octanol–water partition coefficient (Wildman–Crippen LogP) is 3.12. The zero-order valence-corrected chi connectivity index (χ0v) is 13.5. The third-order valence-electron chi connectivity index (χ3n) is 3.28. The van der Waals surface area contributed by atoms with Crippen LogP contribution in [0, 0.1) is 0 Å². The molecule has 1 rings (SSSR count). The largest absolute Gasteiger partial charge is 0.493 e. The normalized spacial score (nSPS) is 12.2. The standard InChI is InChI=1S/C17H29NO3/c1-4-5-6-7-11-21-17-15(13-18-12-14(2)19)9-8-10-16(17)20-3/h8-10,14,18-19H,4-7,11-13H2,1-3H3. The van der Waals surface area contributed by atoms with Gasteiger partial charge in [-0.2, -0.15) is 0 Å². The quantitative estimate of drug-likeness (QED) is 0.616. The predicted molar refractivity (Wildman–Crippen MR) is 86.0 cm³/mol. The van der Waals surface area contributed by atoms with Gasteiger partial charge in [0, 0.05) is 18.7 Å². The smallest absolute Gasteiger partial charge is 0.165 e. The van der Waals surface area contributed by atoms with Gasteiger partial charge in [0.15, 0.2) is 11.5 Å². The summed E-state index contributed by atoms with van der Waals surface area (Å²) in [5.74, 6) is 1.58. The molecule has 1 aromatic carbocycles. The van der Waals surface area contributed by atoms with Crippen LogP contribution in [0.2, 0.25) is 0 Å². The second-order valence-electron chi connectivity index (χ2n) is 5.34. The van der Waals surface area contributed by atoms with E-state index < -0.39 is 0 Å². The zero-order valence-electron chi connectivity index (χ0n) is 13.5. The summed E-state index contributed by atoms with van der Waals surface area (Å²) in [5.41, 5.74) is 1.06. The topological polar surface area (TPSA) is 50.7 Å². The minimum absolute atomic E-state index is 0.353. The van der Waals surface area contributed by atoms with Crippen molar-refractivity contribution in [2.24, 2.45) is 0 Å². The maximum atomic E-state index is 9.31. The Kier molecular flexibility index (Phi) is 8.87. The molecule has 4 nitrogen and oxygen atoms in total. The number of benzene rings is 1. The Bertz CT molecular complexity index is 394. The van der Waals surface area contributed by atoms with Crippen LogP contribution in [0.4, 0.5) is 0 Å². The maximum Gasteiger partial charge on any atom is 0.165 e. The molecular weight excluding hydrogens is 266 g/mol. The van der Waals surface area contributed by atoms with Crippen LogP contribution in [0.5, 0.6) is 11.5 Å². The number of para-hydroxylation sites is 1. The van der Waals surface area contributed by atoms with E-state index in [-0.39, 0.29) is 6.10 Å². The van der Waals surface area contributed by atoms with Crippen molar-refractivity contribution in [2.75, 3.05) is 20.3 Å². The Morgan fingerprint density at radius 3 is 2.71 bits per heavy atom. The van der Waals surface area contributed by atoms with Crippen molar-refractivity contribution in [1.29, 1.82) is 0 Å². The van der Waals surface area contributed by atoms with E-state index in [4.69, 9.17) is 9.47 Å². The highest BCUT2D eigenvalue weighted by Crippen LogP contribution is 2.31. The SMILES string of the molecule is CCCCCCOc1c(CNCC(C)O)cccc1OC. The van der Waals surface area contributed by atoms with Crippen LogP contribution in [0.3, 0.4) is 0 Å². The molecule has 1 aromatic rings. The number of ether oxygens (including phenoxy) is 2. The molecule has 0 spiro atoms. The first-order valence-corrected chi connectivity index (χ1v) is 7.86. The summed E-state index contributed by atoms with van der Waals surface area (Å²) in [6.45, 7) is 5.90. The van der Waals surface area contributed by atoms with Crippen LogP contribution in [0.25, 0.3) is 0 Å². The number of nitrogens with one attached hydrogen (secondary N) is 1. The van der Waals surface area contributed by atoms with E-state index in [9.17, 15) is 5.11 Å². The molecule has 21 heavy (non-hydrogen) atoms. The van der Waals surface area contributed by atoms with Crippen molar-refractivity contribution >= 4 is 0 Å². The molecule has 0 saturated carbocycles. The van der Waals surface area contributed by atoms with Gasteiger partial charge in [-0.25, -0.2) is 0 Å². The lowest BCUT2D eigenvalue weighted by Crippen LogP contribution is -2.24. The number of unbranched alkanes of at least 4 members (excludes halogenated alkanes) is 3. The van der Waals surface area contributed by atoms with Gasteiger partial charge >= 0.3 is 0 Å². The first-order chi connectivity index (χ1) is 10.2. The zero-order chi connectivity index (χ0) is 15.5. The van der Waals surface area contributed by atoms with E-state index in [1.165, 1.54) is 19.3 Å². The Morgan fingerprint density at radius 1 is 1.24 bits per heavy atom. The van der Waals surface area contributed by atoms with Gasteiger partial charge in [0.05, 0.1) is 19.8 Å². The van der Waals surface area contributed by atoms with Crippen molar-refractivity contribution in [1.82, 2.24) is 5.32 Å². The van der Waals surface area contributed by atoms with Crippen LogP contribution in [0.1, 0.15) is 45.1 Å². The minimum Gasteiger partial charge on any atom is -0.493 e. The van der Waals surface area contributed by atoms with Gasteiger partial charge in [-0.15, -0.1) is 0 Å². The summed E-state index contributed by atoms with van der Waals surface area (Å²) >= 11 is 0. The molecule has 1 unspecified atom stereocenters. The second-order valence-corrected chi connectivity index (χ2v) is 5.34. The van der Waals surface area contributed by atoms with Gasteiger partial charge in [-0.3, -0.25) is 0 Å². The fraction of sp³-hybridized carbons (Fsp3) is 0.647. The number of methoxy groups -OCH3 is 1. The van der Waals surface area contributed by atoms with Crippen LogP contribution in [0.15, 0.2) is 18.2 Å². The molecule has 0 bridgehead atoms. The van der Waals surface area contributed by atoms with Gasteiger partial charge in [0.2, 0.25) is 0 Å². The number of hydrogen-bond donors (Lipinski definition) is 2. The molecule has 0 aliphatic heterocycles. The highest BCUT2D eigenvalue weighted by atomic mass is 16.5. The molecule has 0 aromatic heterocycles. The van der Waals surface area contributed by atoms with Crippen LogP contribution in [-0.4, -0.2) is 31.5 Å². The number of aliphatic hydroxyl groups excluding tert-OH is 1. The van der Waals surface area contributed by atoms with E-state index >= 15 is 0 Å². The molecule has 2 N–H and O–H groups in total. The molecule has 0 radical (unpaired) electrons. The molecule has 0 aliphatic carbocycles. The molecule has 0 aliphatic rings. The molecule has 0 heterocycles. The molecular formula is C17H29NO3. The molecule has 0 saturated heterocycles. The highest BCUT2D eigenvalue weighted by Gasteiger charge is 2.10. The van der Waals surface area contributed by atoms with E-state index in [0.29, 0.717) is 19.7 Å². The van der Waals surface area contributed by atoms with Gasteiger partial charge < -0.3 is 19.9 Å². The van der Waals surface area contributed by atoms with Crippen molar-refractivity contribution in [3.05, 3.63) is 23.8 Å². The van der Waals surface area contributed by atoms with Crippen molar-refractivity contribution in [2.45, 2.75) is 52.2 Å². The van der Waals surface area contributed by atoms with E-state index in [0.717, 1.165) is 23.5 Å². The summed E-state index contributed by atoms with van der Waals surface area (Å²) in [6, 6.07) is 5.90. The highest BCUT2D eigenvalue weighted by molar-refractivity contribution is 5.46. The van der Waals surface area contributed by atoms with Gasteiger partial charge in [0.25, 0.3) is 0 Å². The number of rotatable bonds is 11. The van der Waals surface area contributed by atoms with Crippen molar-refractivity contribution in [3.63, 3.8) is 0 Å². The second kappa shape index (κ2) is 10.5. The Labute approximate surface area is 128 Å². The van der Waals surface area contributed by atoms with Crippen molar-refractivity contribution in [3.8, 4) is 11.5 Å². The molecule has 0 fully saturated rings. The molecule has 4 heteroatoms. The van der Waals surface area contributed by atoms with E-state index in [1.54, 1.807) is 14.0 Å². The first-order valence-electron chi connectivity index (χ1n) is 7.86. The fourth-order valence-corrected chi connectivity index (χ4v) is 2.14. The van der Waals surface area contributed by atoms with Crippen molar-refractivity contribution < 1.29 is 14.6 Å². The van der Waals surface area contributed by atoms with E-state index in [2.05, 4.69) is 12.2 Å². The summed E-state index contributed by atoms with van der Waals surface area (Å²) in [4.78, 5) is 0. The summed E-state index contributed by atoms with van der Waals surface area (Å²) in [6.07, 6.45) is 4.38. The van der Waals surface area contributed by atoms with Gasteiger partial charge in [-0.1, -0.05) is 38.3 Å². The minimum atomic E-state index is -0.353. The number of hydrogen-bond acceptors (Lipinski definition) is 4. The molecule has 1 atom stereocenters. The lowest BCUT2D eigenvalue weighted by molar-refractivity contribution is 0.190. The summed E-state index contributed by atoms with van der Waals surface area (Å²) in [5, 5.41) is 12.5. The van der Waals surface area contributed by atoms with Gasteiger partial charge in [0.1, 0.15) is 0 Å². The lowest BCUT2D eigenvalue weighted by Gasteiger charge is -2.16. The van der Waals surface area contributed by atoms with Crippen LogP contribution >= 0.6 is 0 Å². The van der Waals surface area contributed by atoms with Crippen LogP contribution < -0.4 is 14.8 Å². The Morgan fingerprint density at radius 2 is 2.05 bits per heavy atom. The lowest BCUT2D eigenvalue weighted by atomic mass is 10.1.